The highest BCUT2D eigenvalue weighted by Gasteiger charge is 2.37. The van der Waals surface area contributed by atoms with Gasteiger partial charge in [-0.1, -0.05) is 12.1 Å². The van der Waals surface area contributed by atoms with Crippen LogP contribution in [0.5, 0.6) is 5.75 Å². The molecule has 1 aromatic heterocycles. The molecule has 1 aliphatic heterocycles. The SMILES string of the molecule is COc1ccc(CCN2C(=O)N[C@H](CCC(=O)Nc3nccs3)C2=O)cc1. The van der Waals surface area contributed by atoms with Crippen LogP contribution in [0, 0.1) is 0 Å². The van der Waals surface area contributed by atoms with Gasteiger partial charge in [-0.2, -0.15) is 0 Å². The molecule has 2 heterocycles. The number of nitrogens with zero attached hydrogens (tertiary/aromatic N) is 2. The third-order valence-electron chi connectivity index (χ3n) is 4.23. The number of ether oxygens (including phenoxy) is 1. The topological polar surface area (TPSA) is 101 Å². The molecule has 142 valence electrons. The van der Waals surface area contributed by atoms with Gasteiger partial charge in [0.1, 0.15) is 11.8 Å². The van der Waals surface area contributed by atoms with E-state index in [-0.39, 0.29) is 24.7 Å². The fraction of sp³-hybridized carbons (Fsp3) is 0.333. The quantitative estimate of drug-likeness (QED) is 0.674. The van der Waals surface area contributed by atoms with Crippen molar-refractivity contribution in [2.75, 3.05) is 19.0 Å². The fourth-order valence-electron chi connectivity index (χ4n) is 2.76. The van der Waals surface area contributed by atoms with Crippen LogP contribution in [0.4, 0.5) is 9.93 Å². The van der Waals surface area contributed by atoms with Crippen LogP contribution in [0.15, 0.2) is 35.8 Å². The number of thiazole rings is 1. The summed E-state index contributed by atoms with van der Waals surface area (Å²) in [4.78, 5) is 41.6. The molecule has 1 aromatic carbocycles. The summed E-state index contributed by atoms with van der Waals surface area (Å²) in [5.41, 5.74) is 1.00. The first kappa shape index (κ1) is 18.8. The molecule has 0 spiro atoms. The molecular formula is C18H20N4O4S. The molecule has 9 heteroatoms. The summed E-state index contributed by atoms with van der Waals surface area (Å²) >= 11 is 1.32. The number of methoxy groups -OCH3 is 1. The van der Waals surface area contributed by atoms with Crippen molar-refractivity contribution in [2.45, 2.75) is 25.3 Å². The molecule has 1 atom stereocenters. The van der Waals surface area contributed by atoms with E-state index in [1.165, 1.54) is 16.2 Å². The minimum Gasteiger partial charge on any atom is -0.497 e. The number of carbonyl (C=O) groups is 3. The molecule has 0 saturated carbocycles. The van der Waals surface area contributed by atoms with Gasteiger partial charge in [-0.05, 0) is 30.5 Å². The average Bonchev–Trinajstić information content (AvgIpc) is 3.27. The summed E-state index contributed by atoms with van der Waals surface area (Å²) in [7, 11) is 1.60. The van der Waals surface area contributed by atoms with E-state index in [1.807, 2.05) is 24.3 Å². The van der Waals surface area contributed by atoms with Gasteiger partial charge >= 0.3 is 6.03 Å². The molecule has 0 bridgehead atoms. The minimum absolute atomic E-state index is 0.128. The van der Waals surface area contributed by atoms with Gasteiger partial charge in [-0.15, -0.1) is 11.3 Å². The summed E-state index contributed by atoms with van der Waals surface area (Å²) < 4.78 is 5.11. The molecule has 4 amide bonds. The van der Waals surface area contributed by atoms with Gasteiger partial charge in [0.05, 0.1) is 7.11 Å². The van der Waals surface area contributed by atoms with Gasteiger partial charge < -0.3 is 15.4 Å². The zero-order valence-electron chi connectivity index (χ0n) is 14.8. The Morgan fingerprint density at radius 2 is 2.11 bits per heavy atom. The number of anilines is 1. The Hall–Kier alpha value is -2.94. The Bertz CT molecular complexity index is 807. The number of hydrogen-bond donors (Lipinski definition) is 2. The maximum atomic E-state index is 12.4. The summed E-state index contributed by atoms with van der Waals surface area (Å²) in [6, 6.07) is 6.39. The first-order chi connectivity index (χ1) is 13.1. The van der Waals surface area contributed by atoms with Crippen molar-refractivity contribution in [2.24, 2.45) is 0 Å². The van der Waals surface area contributed by atoms with Crippen molar-refractivity contribution in [3.05, 3.63) is 41.4 Å². The first-order valence-electron chi connectivity index (χ1n) is 8.51. The van der Waals surface area contributed by atoms with Crippen LogP contribution in [-0.2, 0) is 16.0 Å². The van der Waals surface area contributed by atoms with E-state index in [0.717, 1.165) is 11.3 Å². The van der Waals surface area contributed by atoms with Gasteiger partial charge in [0.15, 0.2) is 5.13 Å². The Kier molecular flexibility index (Phi) is 6.02. The minimum atomic E-state index is -0.671. The molecule has 2 aromatic rings. The highest BCUT2D eigenvalue weighted by Crippen LogP contribution is 2.16. The van der Waals surface area contributed by atoms with Crippen LogP contribution in [0.1, 0.15) is 18.4 Å². The number of imide groups is 1. The largest absolute Gasteiger partial charge is 0.497 e. The lowest BCUT2D eigenvalue weighted by atomic mass is 10.1. The molecule has 1 saturated heterocycles. The molecule has 27 heavy (non-hydrogen) atoms. The number of urea groups is 1. The van der Waals surface area contributed by atoms with E-state index in [1.54, 1.807) is 18.7 Å². The molecule has 0 unspecified atom stereocenters. The number of carbonyl (C=O) groups excluding carboxylic acids is 3. The van der Waals surface area contributed by atoms with Gasteiger partial charge in [0.25, 0.3) is 5.91 Å². The Morgan fingerprint density at radius 1 is 1.33 bits per heavy atom. The third kappa shape index (κ3) is 4.82. The lowest BCUT2D eigenvalue weighted by Crippen LogP contribution is -2.33. The molecular weight excluding hydrogens is 368 g/mol. The van der Waals surface area contributed by atoms with E-state index < -0.39 is 12.1 Å². The number of hydrogen-bond acceptors (Lipinski definition) is 6. The van der Waals surface area contributed by atoms with Crippen molar-refractivity contribution in [1.29, 1.82) is 0 Å². The summed E-state index contributed by atoms with van der Waals surface area (Å²) in [6.07, 6.45) is 2.53. The standard InChI is InChI=1S/C18H20N4O4S/c1-26-13-4-2-12(3-5-13)8-10-22-16(24)14(20-18(22)25)6-7-15(23)21-17-19-9-11-27-17/h2-5,9,11,14H,6-8,10H2,1H3,(H,20,25)(H,19,21,23)/t14-/m1/s1. The molecule has 1 aliphatic rings. The zero-order valence-corrected chi connectivity index (χ0v) is 15.6. The van der Waals surface area contributed by atoms with E-state index in [4.69, 9.17) is 4.74 Å². The molecule has 0 aliphatic carbocycles. The van der Waals surface area contributed by atoms with Crippen LogP contribution in [-0.4, -0.2) is 47.4 Å². The van der Waals surface area contributed by atoms with E-state index in [9.17, 15) is 14.4 Å². The van der Waals surface area contributed by atoms with E-state index in [2.05, 4.69) is 15.6 Å². The van der Waals surface area contributed by atoms with Crippen LogP contribution >= 0.6 is 11.3 Å². The Balaban J connectivity index is 1.47. The second-order valence-electron chi connectivity index (χ2n) is 6.01. The normalized spacial score (nSPS) is 16.3. The van der Waals surface area contributed by atoms with Crippen molar-refractivity contribution >= 4 is 34.3 Å². The van der Waals surface area contributed by atoms with Crippen LogP contribution in [0.3, 0.4) is 0 Å². The van der Waals surface area contributed by atoms with Gasteiger partial charge in [-0.3, -0.25) is 14.5 Å². The molecule has 2 N–H and O–H groups in total. The summed E-state index contributed by atoms with van der Waals surface area (Å²) in [5.74, 6) is 0.226. The molecule has 8 nitrogen and oxygen atoms in total. The number of aromatic nitrogens is 1. The maximum Gasteiger partial charge on any atom is 0.324 e. The smallest absolute Gasteiger partial charge is 0.324 e. The van der Waals surface area contributed by atoms with Crippen molar-refractivity contribution in [3.8, 4) is 5.75 Å². The first-order valence-corrected chi connectivity index (χ1v) is 9.39. The molecule has 3 rings (SSSR count). The molecule has 1 fully saturated rings. The van der Waals surface area contributed by atoms with Crippen LogP contribution in [0.2, 0.25) is 0 Å². The fourth-order valence-corrected chi connectivity index (χ4v) is 3.30. The lowest BCUT2D eigenvalue weighted by Gasteiger charge is -2.13. The Morgan fingerprint density at radius 3 is 2.78 bits per heavy atom. The third-order valence-corrected chi connectivity index (χ3v) is 4.92. The predicted molar refractivity (Wildman–Crippen MR) is 101 cm³/mol. The maximum absolute atomic E-state index is 12.4. The second kappa shape index (κ2) is 8.63. The highest BCUT2D eigenvalue weighted by atomic mass is 32.1. The highest BCUT2D eigenvalue weighted by molar-refractivity contribution is 7.13. The number of benzene rings is 1. The van der Waals surface area contributed by atoms with Crippen molar-refractivity contribution < 1.29 is 19.1 Å². The number of rotatable bonds is 8. The van der Waals surface area contributed by atoms with Crippen molar-refractivity contribution in [3.63, 3.8) is 0 Å². The summed E-state index contributed by atoms with van der Waals surface area (Å²) in [6.45, 7) is 0.290. The van der Waals surface area contributed by atoms with E-state index in [0.29, 0.717) is 18.1 Å². The second-order valence-corrected chi connectivity index (χ2v) is 6.91. The van der Waals surface area contributed by atoms with Gasteiger partial charge in [0.2, 0.25) is 5.91 Å². The van der Waals surface area contributed by atoms with Gasteiger partial charge in [0, 0.05) is 24.5 Å². The average molecular weight is 388 g/mol. The monoisotopic (exact) mass is 388 g/mol. The molecule has 0 radical (unpaired) electrons. The van der Waals surface area contributed by atoms with Gasteiger partial charge in [-0.25, -0.2) is 9.78 Å². The predicted octanol–water partition coefficient (Wildman–Crippen LogP) is 2.03. The number of amides is 4. The van der Waals surface area contributed by atoms with Crippen LogP contribution in [0.25, 0.3) is 0 Å². The Labute approximate surface area is 160 Å². The van der Waals surface area contributed by atoms with Crippen LogP contribution < -0.4 is 15.4 Å². The zero-order chi connectivity index (χ0) is 19.2. The number of nitrogens with one attached hydrogen (secondary N) is 2. The van der Waals surface area contributed by atoms with E-state index >= 15 is 0 Å². The van der Waals surface area contributed by atoms with Crippen molar-refractivity contribution in [1.82, 2.24) is 15.2 Å². The lowest BCUT2D eigenvalue weighted by molar-refractivity contribution is -0.127. The summed E-state index contributed by atoms with van der Waals surface area (Å²) in [5, 5.41) is 7.58.